The minimum absolute atomic E-state index is 0. The van der Waals surface area contributed by atoms with Crippen molar-refractivity contribution >= 4 is 35.8 Å². The first kappa shape index (κ1) is 18.9. The Morgan fingerprint density at radius 3 is 3.04 bits per heavy atom. The van der Waals surface area contributed by atoms with Crippen molar-refractivity contribution in [3.63, 3.8) is 0 Å². The summed E-state index contributed by atoms with van der Waals surface area (Å²) in [4.78, 5) is 18.3. The maximum absolute atomic E-state index is 11.6. The van der Waals surface area contributed by atoms with Gasteiger partial charge in [0.15, 0.2) is 11.8 Å². The number of carbonyl (C=O) groups is 1. The normalized spacial score (nSPS) is 24.0. The molecular weight excluding hydrogens is 421 g/mol. The third-order valence-electron chi connectivity index (χ3n) is 4.81. The molecule has 3 heterocycles. The quantitative estimate of drug-likeness (QED) is 0.403. The van der Waals surface area contributed by atoms with Gasteiger partial charge in [-0.15, -0.1) is 34.2 Å². The summed E-state index contributed by atoms with van der Waals surface area (Å²) in [7, 11) is 1.80. The van der Waals surface area contributed by atoms with Crippen LogP contribution in [0, 0.1) is 5.41 Å². The molecule has 0 aromatic carbocycles. The number of nitrogens with one attached hydrogen (secondary N) is 2. The number of hydrogen-bond donors (Lipinski definition) is 2. The molecule has 2 aliphatic rings. The molecule has 3 rings (SSSR count). The minimum Gasteiger partial charge on any atom is -0.355 e. The molecule has 2 saturated heterocycles. The number of hydrogen-bond acceptors (Lipinski definition) is 4. The Hall–Kier alpha value is -1.39. The number of amides is 1. The monoisotopic (exact) mass is 447 g/mol. The zero-order valence-corrected chi connectivity index (χ0v) is 16.6. The van der Waals surface area contributed by atoms with Crippen molar-refractivity contribution in [3.8, 4) is 0 Å². The van der Waals surface area contributed by atoms with Crippen molar-refractivity contribution in [2.24, 2.45) is 10.4 Å². The summed E-state index contributed by atoms with van der Waals surface area (Å²) >= 11 is 0. The van der Waals surface area contributed by atoms with Crippen LogP contribution in [0.2, 0.25) is 0 Å². The summed E-state index contributed by atoms with van der Waals surface area (Å²) in [5, 5.41) is 14.5. The SMILES string of the molecule is CCn1cnnc1CNC(=NC)N1CCCC2(CNC(=O)C2)C1.I. The number of carbonyl (C=O) groups excluding carboxylic acids is 1. The van der Waals surface area contributed by atoms with E-state index < -0.39 is 0 Å². The highest BCUT2D eigenvalue weighted by Gasteiger charge is 2.42. The Balaban J connectivity index is 0.00000208. The fourth-order valence-corrected chi connectivity index (χ4v) is 3.60. The fourth-order valence-electron chi connectivity index (χ4n) is 3.60. The average molecular weight is 447 g/mol. The Morgan fingerprint density at radius 1 is 1.54 bits per heavy atom. The van der Waals surface area contributed by atoms with Crippen LogP contribution in [0.1, 0.15) is 32.0 Å². The van der Waals surface area contributed by atoms with E-state index in [2.05, 4.69) is 37.6 Å². The zero-order valence-electron chi connectivity index (χ0n) is 14.3. The summed E-state index contributed by atoms with van der Waals surface area (Å²) in [6.45, 7) is 6.13. The molecule has 2 N–H and O–H groups in total. The number of rotatable bonds is 3. The molecule has 0 radical (unpaired) electrons. The first-order valence-electron chi connectivity index (χ1n) is 8.25. The third-order valence-corrected chi connectivity index (χ3v) is 4.81. The van der Waals surface area contributed by atoms with Crippen LogP contribution in [-0.4, -0.2) is 58.2 Å². The second-order valence-corrected chi connectivity index (χ2v) is 6.41. The highest BCUT2D eigenvalue weighted by atomic mass is 127. The van der Waals surface area contributed by atoms with Crippen LogP contribution in [0.4, 0.5) is 0 Å². The molecule has 2 fully saturated rings. The standard InChI is InChI=1S/C15H25N7O.HI/c1-3-21-11-19-20-12(21)8-17-14(16-2)22-6-4-5-15(10-22)7-13(23)18-9-15;/h11H,3-10H2,1-2H3,(H,16,17)(H,18,23);1H. The predicted molar refractivity (Wildman–Crippen MR) is 102 cm³/mol. The zero-order chi connectivity index (χ0) is 16.3. The Labute approximate surface area is 159 Å². The van der Waals surface area contributed by atoms with Crippen molar-refractivity contribution in [3.05, 3.63) is 12.2 Å². The van der Waals surface area contributed by atoms with Gasteiger partial charge in [0.2, 0.25) is 5.91 Å². The van der Waals surface area contributed by atoms with E-state index in [4.69, 9.17) is 0 Å². The summed E-state index contributed by atoms with van der Waals surface area (Å²) in [5.41, 5.74) is 0.0659. The molecule has 9 heteroatoms. The number of aryl methyl sites for hydroxylation is 1. The topological polar surface area (TPSA) is 87.4 Å². The Kier molecular flexibility index (Phi) is 6.41. The predicted octanol–water partition coefficient (Wildman–Crippen LogP) is 0.593. The van der Waals surface area contributed by atoms with Gasteiger partial charge < -0.3 is 20.1 Å². The van der Waals surface area contributed by atoms with Crippen molar-refractivity contribution in [2.75, 3.05) is 26.7 Å². The van der Waals surface area contributed by atoms with E-state index >= 15 is 0 Å². The van der Waals surface area contributed by atoms with E-state index in [9.17, 15) is 4.79 Å². The molecule has 24 heavy (non-hydrogen) atoms. The highest BCUT2D eigenvalue weighted by molar-refractivity contribution is 14.0. The molecular formula is C15H26IN7O. The van der Waals surface area contributed by atoms with Crippen molar-refractivity contribution in [1.82, 2.24) is 30.3 Å². The second-order valence-electron chi connectivity index (χ2n) is 6.41. The van der Waals surface area contributed by atoms with Gasteiger partial charge in [0.25, 0.3) is 0 Å². The van der Waals surface area contributed by atoms with Gasteiger partial charge >= 0.3 is 0 Å². The number of guanidine groups is 1. The van der Waals surface area contributed by atoms with E-state index in [1.165, 1.54) is 0 Å². The maximum Gasteiger partial charge on any atom is 0.220 e. The van der Waals surface area contributed by atoms with Crippen LogP contribution in [0.25, 0.3) is 0 Å². The van der Waals surface area contributed by atoms with Gasteiger partial charge in [0.05, 0.1) is 6.54 Å². The molecule has 1 unspecified atom stereocenters. The Morgan fingerprint density at radius 2 is 2.38 bits per heavy atom. The number of halogens is 1. The van der Waals surface area contributed by atoms with Gasteiger partial charge in [-0.05, 0) is 19.8 Å². The van der Waals surface area contributed by atoms with Crippen molar-refractivity contribution in [1.29, 1.82) is 0 Å². The largest absolute Gasteiger partial charge is 0.355 e. The highest BCUT2D eigenvalue weighted by Crippen LogP contribution is 2.35. The summed E-state index contributed by atoms with van der Waals surface area (Å²) in [6, 6.07) is 0. The van der Waals surface area contributed by atoms with E-state index in [1.54, 1.807) is 13.4 Å². The molecule has 0 bridgehead atoms. The van der Waals surface area contributed by atoms with Crippen LogP contribution in [0.15, 0.2) is 11.3 Å². The van der Waals surface area contributed by atoms with Crippen molar-refractivity contribution < 1.29 is 4.79 Å². The lowest BCUT2D eigenvalue weighted by molar-refractivity contribution is -0.119. The van der Waals surface area contributed by atoms with Gasteiger partial charge in [0.1, 0.15) is 6.33 Å². The van der Waals surface area contributed by atoms with E-state index in [1.807, 2.05) is 4.57 Å². The molecule has 1 aromatic heterocycles. The lowest BCUT2D eigenvalue weighted by atomic mass is 9.79. The first-order chi connectivity index (χ1) is 11.2. The van der Waals surface area contributed by atoms with Gasteiger partial charge in [-0.1, -0.05) is 0 Å². The minimum atomic E-state index is 0. The van der Waals surface area contributed by atoms with E-state index in [-0.39, 0.29) is 35.3 Å². The molecule has 1 aromatic rings. The first-order valence-corrected chi connectivity index (χ1v) is 8.25. The number of aromatic nitrogens is 3. The van der Waals surface area contributed by atoms with E-state index in [0.29, 0.717) is 13.0 Å². The summed E-state index contributed by atoms with van der Waals surface area (Å²) < 4.78 is 2.01. The van der Waals surface area contributed by atoms with Gasteiger partial charge in [-0.25, -0.2) is 0 Å². The van der Waals surface area contributed by atoms with Crippen LogP contribution in [-0.2, 0) is 17.9 Å². The molecule has 134 valence electrons. The molecule has 0 aliphatic carbocycles. The molecule has 1 spiro atoms. The molecule has 1 atom stereocenters. The maximum atomic E-state index is 11.6. The summed E-state index contributed by atoms with van der Waals surface area (Å²) in [6.07, 6.45) is 4.56. The third kappa shape index (κ3) is 3.98. The fraction of sp³-hybridized carbons (Fsp3) is 0.733. The number of nitrogens with zero attached hydrogens (tertiary/aromatic N) is 5. The van der Waals surface area contributed by atoms with Crippen LogP contribution in [0.5, 0.6) is 0 Å². The van der Waals surface area contributed by atoms with Crippen LogP contribution >= 0.6 is 24.0 Å². The van der Waals surface area contributed by atoms with Gasteiger partial charge in [0, 0.05) is 45.1 Å². The number of likely N-dealkylation sites (tertiary alicyclic amines) is 1. The molecule has 2 aliphatic heterocycles. The second kappa shape index (κ2) is 8.13. The lowest BCUT2D eigenvalue weighted by Crippen LogP contribution is -2.51. The average Bonchev–Trinajstić information content (AvgIpc) is 3.15. The van der Waals surface area contributed by atoms with Crippen LogP contribution < -0.4 is 10.6 Å². The van der Waals surface area contributed by atoms with Crippen molar-refractivity contribution in [2.45, 2.75) is 39.3 Å². The lowest BCUT2D eigenvalue weighted by Gasteiger charge is -2.40. The van der Waals surface area contributed by atoms with Crippen LogP contribution in [0.3, 0.4) is 0 Å². The number of aliphatic imine (C=N–C) groups is 1. The molecule has 8 nitrogen and oxygen atoms in total. The molecule has 1 amide bonds. The Bertz CT molecular complexity index is 602. The smallest absolute Gasteiger partial charge is 0.220 e. The molecule has 0 saturated carbocycles. The summed E-state index contributed by atoms with van der Waals surface area (Å²) in [5.74, 6) is 1.94. The van der Waals surface area contributed by atoms with E-state index in [0.717, 1.165) is 50.8 Å². The van der Waals surface area contributed by atoms with Gasteiger partial charge in [-0.2, -0.15) is 0 Å². The van der Waals surface area contributed by atoms with Gasteiger partial charge in [-0.3, -0.25) is 9.79 Å². The number of piperidine rings is 1.